The van der Waals surface area contributed by atoms with Gasteiger partial charge in [0, 0.05) is 13.1 Å². The zero-order valence-corrected chi connectivity index (χ0v) is 13.4. The van der Waals surface area contributed by atoms with Gasteiger partial charge in [-0.2, -0.15) is 0 Å². The Hall–Kier alpha value is -0.940. The van der Waals surface area contributed by atoms with Gasteiger partial charge >= 0.3 is 0 Å². The minimum absolute atomic E-state index is 0.0154. The molecular formula is C10H15ClFN3O4S2. The Morgan fingerprint density at radius 1 is 1.19 bits per heavy atom. The molecule has 1 rings (SSSR count). The fraction of sp³-hybridized carbons (Fsp3) is 0.400. The molecule has 21 heavy (non-hydrogen) atoms. The Balaban J connectivity index is 2.68. The number of sulfonamides is 2. The van der Waals surface area contributed by atoms with Gasteiger partial charge in [0.15, 0.2) is 0 Å². The van der Waals surface area contributed by atoms with Gasteiger partial charge in [0.05, 0.1) is 17.0 Å². The fourth-order valence-electron chi connectivity index (χ4n) is 1.38. The number of hydrogen-bond donors (Lipinski definition) is 3. The van der Waals surface area contributed by atoms with E-state index >= 15 is 0 Å². The maximum atomic E-state index is 13.1. The van der Waals surface area contributed by atoms with Crippen molar-refractivity contribution in [2.45, 2.75) is 11.3 Å². The van der Waals surface area contributed by atoms with Gasteiger partial charge in [-0.05, 0) is 18.6 Å². The lowest BCUT2D eigenvalue weighted by atomic mass is 10.3. The predicted molar refractivity (Wildman–Crippen MR) is 78.5 cm³/mol. The lowest BCUT2D eigenvalue weighted by Gasteiger charge is -2.09. The zero-order valence-electron chi connectivity index (χ0n) is 11.1. The second-order valence-corrected chi connectivity index (χ2v) is 8.20. The van der Waals surface area contributed by atoms with E-state index in [0.717, 1.165) is 18.4 Å². The third kappa shape index (κ3) is 5.75. The normalized spacial score (nSPS) is 12.5. The van der Waals surface area contributed by atoms with Crippen LogP contribution in [0.4, 0.5) is 10.1 Å². The largest absolute Gasteiger partial charge is 0.396 e. The highest BCUT2D eigenvalue weighted by Crippen LogP contribution is 2.26. The van der Waals surface area contributed by atoms with Gasteiger partial charge in [0.2, 0.25) is 20.0 Å². The SMILES string of the molecule is CS(=O)(=O)NCCCNS(=O)(=O)c1cc(N)c(F)cc1Cl. The van der Waals surface area contributed by atoms with E-state index in [2.05, 4.69) is 9.44 Å². The smallest absolute Gasteiger partial charge is 0.242 e. The lowest BCUT2D eigenvalue weighted by Crippen LogP contribution is -2.29. The Bertz CT molecular complexity index is 722. The van der Waals surface area contributed by atoms with Crippen molar-refractivity contribution in [3.8, 4) is 0 Å². The van der Waals surface area contributed by atoms with Crippen LogP contribution in [0.15, 0.2) is 17.0 Å². The molecule has 0 aliphatic carbocycles. The third-order valence-electron chi connectivity index (χ3n) is 2.35. The van der Waals surface area contributed by atoms with Crippen LogP contribution in [-0.4, -0.2) is 36.2 Å². The van der Waals surface area contributed by atoms with Gasteiger partial charge in [-0.3, -0.25) is 0 Å². The number of hydrogen-bond acceptors (Lipinski definition) is 5. The number of benzene rings is 1. The molecule has 0 fully saturated rings. The van der Waals surface area contributed by atoms with Crippen molar-refractivity contribution in [3.63, 3.8) is 0 Å². The van der Waals surface area contributed by atoms with Gasteiger partial charge in [-0.1, -0.05) is 11.6 Å². The van der Waals surface area contributed by atoms with Gasteiger partial charge in [0.1, 0.15) is 10.7 Å². The molecule has 0 aliphatic heterocycles. The molecule has 7 nitrogen and oxygen atoms in total. The van der Waals surface area contributed by atoms with Crippen molar-refractivity contribution >= 4 is 37.3 Å². The highest BCUT2D eigenvalue weighted by Gasteiger charge is 2.19. The second kappa shape index (κ2) is 6.88. The first-order valence-corrected chi connectivity index (χ1v) is 9.47. The molecule has 0 bridgehead atoms. The van der Waals surface area contributed by atoms with Gasteiger partial charge < -0.3 is 5.73 Å². The maximum absolute atomic E-state index is 13.1. The van der Waals surface area contributed by atoms with Crippen LogP contribution in [-0.2, 0) is 20.0 Å². The molecule has 0 amide bonds. The Labute approximate surface area is 127 Å². The molecule has 120 valence electrons. The number of anilines is 1. The third-order valence-corrected chi connectivity index (χ3v) is 5.00. The Morgan fingerprint density at radius 2 is 1.76 bits per heavy atom. The molecule has 0 aromatic heterocycles. The zero-order chi connectivity index (χ0) is 16.3. The monoisotopic (exact) mass is 359 g/mol. The molecule has 1 aromatic rings. The van der Waals surface area contributed by atoms with Crippen LogP contribution >= 0.6 is 11.6 Å². The van der Waals surface area contributed by atoms with Crippen molar-refractivity contribution in [2.75, 3.05) is 25.1 Å². The van der Waals surface area contributed by atoms with Crippen LogP contribution in [0.1, 0.15) is 6.42 Å². The van der Waals surface area contributed by atoms with Crippen molar-refractivity contribution in [2.24, 2.45) is 0 Å². The summed E-state index contributed by atoms with van der Waals surface area (Å²) >= 11 is 5.68. The average Bonchev–Trinajstić information content (AvgIpc) is 2.31. The summed E-state index contributed by atoms with van der Waals surface area (Å²) < 4.78 is 63.1. The number of halogens is 2. The topological polar surface area (TPSA) is 118 Å². The lowest BCUT2D eigenvalue weighted by molar-refractivity contribution is 0.574. The fourth-order valence-corrected chi connectivity index (χ4v) is 3.52. The molecule has 0 aliphatic rings. The van der Waals surface area contributed by atoms with E-state index in [1.165, 1.54) is 0 Å². The highest BCUT2D eigenvalue weighted by atomic mass is 35.5. The highest BCUT2D eigenvalue weighted by molar-refractivity contribution is 7.89. The molecule has 0 saturated heterocycles. The molecule has 11 heteroatoms. The molecule has 0 atom stereocenters. The molecule has 0 heterocycles. The summed E-state index contributed by atoms with van der Waals surface area (Å²) in [5.41, 5.74) is 4.97. The van der Waals surface area contributed by atoms with Crippen LogP contribution in [0, 0.1) is 5.82 Å². The molecule has 4 N–H and O–H groups in total. The van der Waals surface area contributed by atoms with Crippen LogP contribution < -0.4 is 15.2 Å². The molecular weight excluding hydrogens is 345 g/mol. The van der Waals surface area contributed by atoms with Crippen molar-refractivity contribution < 1.29 is 21.2 Å². The Kier molecular flexibility index (Phi) is 5.93. The van der Waals surface area contributed by atoms with Gasteiger partial charge in [0.25, 0.3) is 0 Å². The van der Waals surface area contributed by atoms with Crippen LogP contribution in [0.5, 0.6) is 0 Å². The first kappa shape index (κ1) is 18.1. The predicted octanol–water partition coefficient (Wildman–Crippen LogP) is 0.279. The second-order valence-electron chi connectivity index (χ2n) is 4.22. The van der Waals surface area contributed by atoms with E-state index in [9.17, 15) is 21.2 Å². The Morgan fingerprint density at radius 3 is 2.33 bits per heavy atom. The van der Waals surface area contributed by atoms with Gasteiger partial charge in [-0.25, -0.2) is 30.7 Å². The van der Waals surface area contributed by atoms with Crippen LogP contribution in [0.2, 0.25) is 5.02 Å². The summed E-state index contributed by atoms with van der Waals surface area (Å²) in [6.45, 7) is 0.0686. The average molecular weight is 360 g/mol. The summed E-state index contributed by atoms with van der Waals surface area (Å²) in [6, 6.07) is 1.74. The van der Waals surface area contributed by atoms with Crippen molar-refractivity contribution in [1.82, 2.24) is 9.44 Å². The summed E-state index contributed by atoms with van der Waals surface area (Å²) in [5.74, 6) is -0.809. The van der Waals surface area contributed by atoms with E-state index in [4.69, 9.17) is 17.3 Å². The van der Waals surface area contributed by atoms with E-state index in [-0.39, 0.29) is 35.1 Å². The molecule has 0 radical (unpaired) electrons. The number of nitrogen functional groups attached to an aromatic ring is 1. The van der Waals surface area contributed by atoms with Crippen molar-refractivity contribution in [3.05, 3.63) is 23.0 Å². The van der Waals surface area contributed by atoms with E-state index in [1.807, 2.05) is 0 Å². The number of rotatable bonds is 7. The van der Waals surface area contributed by atoms with E-state index in [1.54, 1.807) is 0 Å². The summed E-state index contributed by atoms with van der Waals surface area (Å²) in [5, 5.41) is -0.288. The summed E-state index contributed by atoms with van der Waals surface area (Å²) in [4.78, 5) is -0.334. The quantitative estimate of drug-likeness (QED) is 0.477. The molecule has 0 unspecified atom stereocenters. The number of nitrogens with two attached hydrogens (primary N) is 1. The van der Waals surface area contributed by atoms with Crippen LogP contribution in [0.25, 0.3) is 0 Å². The minimum atomic E-state index is -3.95. The molecule has 1 aromatic carbocycles. The number of nitrogens with one attached hydrogen (secondary N) is 2. The minimum Gasteiger partial charge on any atom is -0.396 e. The molecule has 0 saturated carbocycles. The maximum Gasteiger partial charge on any atom is 0.242 e. The summed E-state index contributed by atoms with van der Waals surface area (Å²) in [7, 11) is -7.27. The van der Waals surface area contributed by atoms with E-state index in [0.29, 0.717) is 0 Å². The standard InChI is InChI=1S/C10H15ClFN3O4S2/c1-20(16,17)14-3-2-4-15-21(18,19)10-6-9(13)8(12)5-7(10)11/h5-6,14-15H,2-4,13H2,1H3. The van der Waals surface area contributed by atoms with Crippen molar-refractivity contribution in [1.29, 1.82) is 0 Å². The molecule has 0 spiro atoms. The van der Waals surface area contributed by atoms with Crippen LogP contribution in [0.3, 0.4) is 0 Å². The summed E-state index contributed by atoms with van der Waals surface area (Å²) in [6.07, 6.45) is 1.23. The first-order valence-electron chi connectivity index (χ1n) is 5.72. The first-order chi connectivity index (χ1) is 9.53. The van der Waals surface area contributed by atoms with E-state index < -0.39 is 25.9 Å². The van der Waals surface area contributed by atoms with Gasteiger partial charge in [-0.15, -0.1) is 0 Å².